The maximum atomic E-state index is 12.9. The number of amides is 1. The molecule has 1 amide bonds. The highest BCUT2D eigenvalue weighted by atomic mass is 31.2. The molecule has 0 radical (unpaired) electrons. The lowest BCUT2D eigenvalue weighted by Crippen LogP contribution is -2.45. The van der Waals surface area contributed by atoms with Crippen molar-refractivity contribution in [2.24, 2.45) is 0 Å². The van der Waals surface area contributed by atoms with E-state index in [4.69, 9.17) is 9.05 Å². The van der Waals surface area contributed by atoms with Gasteiger partial charge in [0.15, 0.2) is 0 Å². The number of carbonyl (C=O) groups excluding carboxylic acids is 1. The van der Waals surface area contributed by atoms with Gasteiger partial charge in [-0.15, -0.1) is 0 Å². The Kier molecular flexibility index (Phi) is 44.5. The standard InChI is InChI=1S/C54H103N2O6P/c1-6-8-10-12-14-16-17-18-19-20-21-22-23-24-25-26-27-28-29-30-31-32-33-34-35-36-37-38-39-40-42-44-46-48-54(58)55-52(51-62-63(59,60)61-50-49-56(3,4)5)53(57)47-45-43-41-15-13-11-9-7-2/h17-18,20-21,23-24,45,47,52-53,57H,6-16,19,22,25-44,46,48-51H2,1-5H3,(H-,55,58,59,60)/p+1/b18-17-,21-20-,24-23-,47-45+. The van der Waals surface area contributed by atoms with E-state index < -0.39 is 20.0 Å². The average molecular weight is 908 g/mol. The zero-order valence-electron chi connectivity index (χ0n) is 42.1. The Balaban J connectivity index is 3.92. The number of rotatable bonds is 48. The lowest BCUT2D eigenvalue weighted by Gasteiger charge is -2.25. The molecule has 0 saturated heterocycles. The Morgan fingerprint density at radius 1 is 0.540 bits per heavy atom. The van der Waals surface area contributed by atoms with Crippen LogP contribution in [0.5, 0.6) is 0 Å². The van der Waals surface area contributed by atoms with Gasteiger partial charge in [-0.05, 0) is 57.8 Å². The molecule has 3 atom stereocenters. The summed E-state index contributed by atoms with van der Waals surface area (Å²) in [5.41, 5.74) is 0. The predicted molar refractivity (Wildman–Crippen MR) is 272 cm³/mol. The molecule has 0 heterocycles. The summed E-state index contributed by atoms with van der Waals surface area (Å²) in [5, 5.41) is 13.8. The van der Waals surface area contributed by atoms with E-state index in [-0.39, 0.29) is 19.1 Å². The van der Waals surface area contributed by atoms with Crippen molar-refractivity contribution in [3.8, 4) is 0 Å². The molecule has 0 rings (SSSR count). The van der Waals surface area contributed by atoms with Gasteiger partial charge in [-0.3, -0.25) is 13.8 Å². The Morgan fingerprint density at radius 2 is 0.905 bits per heavy atom. The number of aliphatic hydroxyl groups is 1. The summed E-state index contributed by atoms with van der Waals surface area (Å²) in [5.74, 6) is -0.179. The average Bonchev–Trinajstić information content (AvgIpc) is 3.24. The first-order chi connectivity index (χ1) is 30.5. The number of phosphoric acid groups is 1. The molecule has 9 heteroatoms. The number of likely N-dealkylation sites (N-methyl/N-ethyl adjacent to an activating group) is 1. The van der Waals surface area contributed by atoms with Gasteiger partial charge in [-0.1, -0.05) is 223 Å². The number of nitrogens with zero attached hydrogens (tertiary/aromatic N) is 1. The number of allylic oxidation sites excluding steroid dienone is 7. The second-order valence-corrected chi connectivity index (χ2v) is 20.7. The number of aliphatic hydroxyl groups excluding tert-OH is 1. The molecular weight excluding hydrogens is 804 g/mol. The molecule has 3 N–H and O–H groups in total. The third kappa shape index (κ3) is 48.2. The van der Waals surface area contributed by atoms with Crippen LogP contribution in [0.15, 0.2) is 48.6 Å². The first-order valence-electron chi connectivity index (χ1n) is 26.5. The summed E-state index contributed by atoms with van der Waals surface area (Å²) < 4.78 is 23.5. The van der Waals surface area contributed by atoms with Crippen molar-refractivity contribution >= 4 is 13.7 Å². The van der Waals surface area contributed by atoms with Crippen LogP contribution in [0.1, 0.15) is 239 Å². The highest BCUT2D eigenvalue weighted by Gasteiger charge is 2.27. The van der Waals surface area contributed by atoms with Gasteiger partial charge in [0.25, 0.3) is 0 Å². The summed E-state index contributed by atoms with van der Waals surface area (Å²) in [7, 11) is 1.57. The fourth-order valence-electron chi connectivity index (χ4n) is 7.58. The number of nitrogens with one attached hydrogen (secondary N) is 1. The minimum atomic E-state index is -4.33. The molecular formula is C54H104N2O6P+. The smallest absolute Gasteiger partial charge is 0.387 e. The molecule has 0 fully saturated rings. The topological polar surface area (TPSA) is 105 Å². The quantitative estimate of drug-likeness (QED) is 0.0243. The van der Waals surface area contributed by atoms with Crippen LogP contribution in [0.25, 0.3) is 0 Å². The predicted octanol–water partition coefficient (Wildman–Crippen LogP) is 15.6. The van der Waals surface area contributed by atoms with Crippen molar-refractivity contribution in [3.63, 3.8) is 0 Å². The van der Waals surface area contributed by atoms with Crippen LogP contribution in [0.4, 0.5) is 0 Å². The van der Waals surface area contributed by atoms with Crippen molar-refractivity contribution in [1.29, 1.82) is 0 Å². The Bertz CT molecular complexity index is 1170. The normalized spacial score (nSPS) is 14.5. The maximum absolute atomic E-state index is 12.9. The van der Waals surface area contributed by atoms with E-state index in [0.717, 1.165) is 51.4 Å². The zero-order valence-corrected chi connectivity index (χ0v) is 43.0. The lowest BCUT2D eigenvalue weighted by atomic mass is 10.0. The van der Waals surface area contributed by atoms with E-state index >= 15 is 0 Å². The van der Waals surface area contributed by atoms with Gasteiger partial charge < -0.3 is 19.8 Å². The molecule has 0 saturated carbocycles. The van der Waals surface area contributed by atoms with Gasteiger partial charge in [0.05, 0.1) is 39.9 Å². The number of hydrogen-bond acceptors (Lipinski definition) is 5. The van der Waals surface area contributed by atoms with E-state index in [9.17, 15) is 19.4 Å². The fraction of sp³-hybridized carbons (Fsp3) is 0.833. The summed E-state index contributed by atoms with van der Waals surface area (Å²) in [4.78, 5) is 23.1. The van der Waals surface area contributed by atoms with Crippen LogP contribution in [0, 0.1) is 0 Å². The van der Waals surface area contributed by atoms with E-state index in [1.165, 1.54) is 167 Å². The summed E-state index contributed by atoms with van der Waals surface area (Å²) in [6.07, 6.45) is 59.5. The van der Waals surface area contributed by atoms with Crippen LogP contribution in [-0.4, -0.2) is 73.4 Å². The monoisotopic (exact) mass is 908 g/mol. The molecule has 0 aromatic rings. The van der Waals surface area contributed by atoms with Crippen LogP contribution < -0.4 is 5.32 Å². The molecule has 0 spiro atoms. The van der Waals surface area contributed by atoms with Gasteiger partial charge >= 0.3 is 7.82 Å². The van der Waals surface area contributed by atoms with Crippen LogP contribution in [0.3, 0.4) is 0 Å². The van der Waals surface area contributed by atoms with Gasteiger partial charge in [0, 0.05) is 6.42 Å². The van der Waals surface area contributed by atoms with Crippen molar-refractivity contribution in [1.82, 2.24) is 5.32 Å². The van der Waals surface area contributed by atoms with Gasteiger partial charge in [0.1, 0.15) is 13.2 Å². The molecule has 0 aliphatic heterocycles. The molecule has 3 unspecified atom stereocenters. The van der Waals surface area contributed by atoms with Crippen LogP contribution in [0.2, 0.25) is 0 Å². The number of quaternary nitrogens is 1. The van der Waals surface area contributed by atoms with Crippen molar-refractivity contribution < 1.29 is 32.9 Å². The van der Waals surface area contributed by atoms with Gasteiger partial charge in [-0.25, -0.2) is 4.57 Å². The minimum absolute atomic E-state index is 0.0613. The zero-order chi connectivity index (χ0) is 46.4. The molecule has 0 aliphatic rings. The van der Waals surface area contributed by atoms with Gasteiger partial charge in [0.2, 0.25) is 5.91 Å². The molecule has 0 bridgehead atoms. The molecule has 0 aromatic carbocycles. The highest BCUT2D eigenvalue weighted by molar-refractivity contribution is 7.47. The minimum Gasteiger partial charge on any atom is -0.387 e. The highest BCUT2D eigenvalue weighted by Crippen LogP contribution is 2.43. The third-order valence-corrected chi connectivity index (χ3v) is 12.8. The van der Waals surface area contributed by atoms with E-state index in [1.807, 2.05) is 27.2 Å². The Morgan fingerprint density at radius 3 is 1.32 bits per heavy atom. The molecule has 63 heavy (non-hydrogen) atoms. The largest absolute Gasteiger partial charge is 0.472 e. The second kappa shape index (κ2) is 45.6. The van der Waals surface area contributed by atoms with E-state index in [2.05, 4.69) is 55.6 Å². The number of hydrogen-bond donors (Lipinski definition) is 3. The maximum Gasteiger partial charge on any atom is 0.472 e. The first-order valence-corrected chi connectivity index (χ1v) is 28.0. The number of phosphoric ester groups is 1. The SMILES string of the molecule is CCCCCCC/C=C\C/C=C\C/C=C\CCCCCCCCCCCCCCCCCCCCC(=O)NC(COP(=O)(O)OCC[N+](C)(C)C)C(O)/C=C/CCCCCCCC. The number of unbranched alkanes of at least 4 members (excludes halogenated alkanes) is 29. The third-order valence-electron chi connectivity index (χ3n) is 11.8. The van der Waals surface area contributed by atoms with Crippen LogP contribution in [-0.2, 0) is 18.4 Å². The second-order valence-electron chi connectivity index (χ2n) is 19.3. The summed E-state index contributed by atoms with van der Waals surface area (Å²) >= 11 is 0. The van der Waals surface area contributed by atoms with Crippen LogP contribution >= 0.6 is 7.82 Å². The molecule has 370 valence electrons. The number of carbonyl (C=O) groups is 1. The fourth-order valence-corrected chi connectivity index (χ4v) is 8.31. The summed E-state index contributed by atoms with van der Waals surface area (Å²) in [6.45, 7) is 4.76. The summed E-state index contributed by atoms with van der Waals surface area (Å²) in [6, 6.07) is -0.843. The van der Waals surface area contributed by atoms with E-state index in [1.54, 1.807) is 6.08 Å². The Labute approximate surface area is 390 Å². The Hall–Kier alpha value is -1.54. The van der Waals surface area contributed by atoms with Crippen molar-refractivity contribution in [3.05, 3.63) is 48.6 Å². The van der Waals surface area contributed by atoms with Gasteiger partial charge in [-0.2, -0.15) is 0 Å². The molecule has 0 aliphatic carbocycles. The first kappa shape index (κ1) is 61.5. The van der Waals surface area contributed by atoms with Crippen molar-refractivity contribution in [2.45, 2.75) is 251 Å². The molecule has 0 aromatic heterocycles. The lowest BCUT2D eigenvalue weighted by molar-refractivity contribution is -0.870. The molecule has 8 nitrogen and oxygen atoms in total. The van der Waals surface area contributed by atoms with E-state index in [0.29, 0.717) is 17.4 Å². The van der Waals surface area contributed by atoms with Crippen molar-refractivity contribution in [2.75, 3.05) is 40.9 Å².